The van der Waals surface area contributed by atoms with Crippen LogP contribution in [-0.4, -0.2) is 26.6 Å². The van der Waals surface area contributed by atoms with Gasteiger partial charge in [-0.25, -0.2) is 18.2 Å². The molecule has 0 heterocycles. The smallest absolute Gasteiger partial charge is 0.264 e. The third-order valence-corrected chi connectivity index (χ3v) is 7.07. The first kappa shape index (κ1) is 24.1. The van der Waals surface area contributed by atoms with Crippen molar-refractivity contribution in [2.24, 2.45) is 5.10 Å². The number of benzene rings is 3. The highest BCUT2D eigenvalue weighted by Crippen LogP contribution is 2.26. The number of aryl methyl sites for hydroxylation is 3. The summed E-state index contributed by atoms with van der Waals surface area (Å²) >= 11 is 0. The molecule has 0 saturated carbocycles. The zero-order valence-corrected chi connectivity index (χ0v) is 19.8. The number of carbonyl (C=O) groups is 1. The third kappa shape index (κ3) is 5.84. The average Bonchev–Trinajstić information content (AvgIpc) is 2.78. The number of anilines is 1. The van der Waals surface area contributed by atoms with Crippen molar-refractivity contribution in [3.63, 3.8) is 0 Å². The molecule has 8 heteroatoms. The van der Waals surface area contributed by atoms with Crippen LogP contribution in [0.15, 0.2) is 76.7 Å². The average molecular weight is 468 g/mol. The van der Waals surface area contributed by atoms with Crippen LogP contribution in [0, 0.1) is 26.6 Å². The number of amides is 1. The third-order valence-electron chi connectivity index (χ3n) is 5.28. The van der Waals surface area contributed by atoms with Gasteiger partial charge in [0, 0.05) is 0 Å². The van der Waals surface area contributed by atoms with Gasteiger partial charge in [0.2, 0.25) is 0 Å². The van der Waals surface area contributed by atoms with Gasteiger partial charge < -0.3 is 0 Å². The van der Waals surface area contributed by atoms with E-state index in [4.69, 9.17) is 0 Å². The summed E-state index contributed by atoms with van der Waals surface area (Å²) < 4.78 is 41.1. The van der Waals surface area contributed by atoms with E-state index in [0.29, 0.717) is 17.0 Å². The van der Waals surface area contributed by atoms with E-state index >= 15 is 0 Å². The van der Waals surface area contributed by atoms with Crippen molar-refractivity contribution in [2.75, 3.05) is 10.8 Å². The lowest BCUT2D eigenvalue weighted by atomic mass is 10.1. The van der Waals surface area contributed by atoms with Crippen LogP contribution in [0.3, 0.4) is 0 Å². The zero-order chi connectivity index (χ0) is 24.2. The van der Waals surface area contributed by atoms with Gasteiger partial charge in [-0.3, -0.25) is 9.10 Å². The molecule has 6 nitrogen and oxygen atoms in total. The number of sulfonamides is 1. The van der Waals surface area contributed by atoms with Gasteiger partial charge in [0.15, 0.2) is 0 Å². The van der Waals surface area contributed by atoms with Gasteiger partial charge in [-0.1, -0.05) is 35.9 Å². The van der Waals surface area contributed by atoms with Crippen LogP contribution in [-0.2, 0) is 14.8 Å². The van der Waals surface area contributed by atoms with E-state index in [0.717, 1.165) is 21.0 Å². The molecule has 0 bridgehead atoms. The summed E-state index contributed by atoms with van der Waals surface area (Å²) in [5, 5.41) is 4.04. The second kappa shape index (κ2) is 9.95. The molecule has 0 aromatic heterocycles. The number of hydrazone groups is 1. The normalized spacial score (nSPS) is 11.8. The largest absolute Gasteiger partial charge is 0.271 e. The second-order valence-corrected chi connectivity index (χ2v) is 9.69. The molecule has 3 aromatic carbocycles. The van der Waals surface area contributed by atoms with E-state index in [-0.39, 0.29) is 10.7 Å². The van der Waals surface area contributed by atoms with Crippen molar-refractivity contribution >= 4 is 27.3 Å². The highest BCUT2D eigenvalue weighted by molar-refractivity contribution is 7.92. The standard InChI is InChI=1S/C25H26FN3O3S/c1-17-5-13-24(14-6-17)33(31,32)29(23-12-7-18(2)19(3)15-23)16-25(30)28-27-20(4)21-8-10-22(26)11-9-21/h5-15H,16H2,1-4H3,(H,28,30)/b27-20-. The number of halogens is 1. The maximum atomic E-state index is 13.4. The molecule has 0 atom stereocenters. The van der Waals surface area contributed by atoms with Crippen molar-refractivity contribution in [3.05, 3.63) is 94.8 Å². The summed E-state index contributed by atoms with van der Waals surface area (Å²) in [6.45, 7) is 6.88. The lowest BCUT2D eigenvalue weighted by Crippen LogP contribution is -2.39. The first-order valence-electron chi connectivity index (χ1n) is 10.3. The fraction of sp³-hybridized carbons (Fsp3) is 0.200. The predicted molar refractivity (Wildman–Crippen MR) is 128 cm³/mol. The molecule has 172 valence electrons. The topological polar surface area (TPSA) is 78.8 Å². The lowest BCUT2D eigenvalue weighted by molar-refractivity contribution is -0.119. The number of nitrogens with zero attached hydrogens (tertiary/aromatic N) is 2. The summed E-state index contributed by atoms with van der Waals surface area (Å²) in [6, 6.07) is 17.4. The Morgan fingerprint density at radius 1 is 0.939 bits per heavy atom. The lowest BCUT2D eigenvalue weighted by Gasteiger charge is -2.24. The molecule has 0 saturated heterocycles. The van der Waals surface area contributed by atoms with Crippen LogP contribution in [0.2, 0.25) is 0 Å². The maximum absolute atomic E-state index is 13.4. The number of carbonyl (C=O) groups excluding carboxylic acids is 1. The molecule has 3 rings (SSSR count). The second-order valence-electron chi connectivity index (χ2n) is 7.83. The molecule has 0 aliphatic heterocycles. The number of hydrogen-bond donors (Lipinski definition) is 1. The van der Waals surface area contributed by atoms with Crippen molar-refractivity contribution in [1.82, 2.24) is 5.43 Å². The van der Waals surface area contributed by atoms with Gasteiger partial charge in [0.05, 0.1) is 16.3 Å². The monoisotopic (exact) mass is 467 g/mol. The van der Waals surface area contributed by atoms with Gasteiger partial charge in [0.25, 0.3) is 15.9 Å². The molecule has 0 fully saturated rings. The Kier molecular flexibility index (Phi) is 7.28. The van der Waals surface area contributed by atoms with E-state index in [1.807, 2.05) is 26.8 Å². The molecular weight excluding hydrogens is 441 g/mol. The summed E-state index contributed by atoms with van der Waals surface area (Å²) in [4.78, 5) is 12.8. The van der Waals surface area contributed by atoms with E-state index in [9.17, 15) is 17.6 Å². The van der Waals surface area contributed by atoms with E-state index < -0.39 is 22.5 Å². The van der Waals surface area contributed by atoms with Crippen LogP contribution in [0.4, 0.5) is 10.1 Å². The SMILES string of the molecule is C/C(=N/NC(=O)CN(c1ccc(C)c(C)c1)S(=O)(=O)c1ccc(C)cc1)c1ccc(F)cc1. The van der Waals surface area contributed by atoms with Gasteiger partial charge in [-0.05, 0) is 80.8 Å². The molecule has 0 spiro atoms. The Bertz CT molecular complexity index is 1290. The molecule has 0 aliphatic carbocycles. The number of rotatable bonds is 7. The molecule has 0 aliphatic rings. The zero-order valence-electron chi connectivity index (χ0n) is 19.0. The predicted octanol–water partition coefficient (Wildman–Crippen LogP) is 4.49. The quantitative estimate of drug-likeness (QED) is 0.411. The Morgan fingerprint density at radius 2 is 1.58 bits per heavy atom. The summed E-state index contributed by atoms with van der Waals surface area (Å²) in [7, 11) is -4.01. The maximum Gasteiger partial charge on any atom is 0.264 e. The fourth-order valence-electron chi connectivity index (χ4n) is 3.10. The minimum Gasteiger partial charge on any atom is -0.271 e. The van der Waals surface area contributed by atoms with Crippen LogP contribution in [0.5, 0.6) is 0 Å². The highest BCUT2D eigenvalue weighted by atomic mass is 32.2. The summed E-state index contributed by atoms with van der Waals surface area (Å²) in [6.07, 6.45) is 0. The van der Waals surface area contributed by atoms with Crippen LogP contribution in [0.1, 0.15) is 29.2 Å². The van der Waals surface area contributed by atoms with E-state index in [2.05, 4.69) is 10.5 Å². The van der Waals surface area contributed by atoms with Crippen LogP contribution >= 0.6 is 0 Å². The van der Waals surface area contributed by atoms with Crippen molar-refractivity contribution < 1.29 is 17.6 Å². The molecule has 33 heavy (non-hydrogen) atoms. The molecular formula is C25H26FN3O3S. The fourth-order valence-corrected chi connectivity index (χ4v) is 4.51. The molecule has 0 unspecified atom stereocenters. The minimum atomic E-state index is -4.01. The highest BCUT2D eigenvalue weighted by Gasteiger charge is 2.27. The van der Waals surface area contributed by atoms with E-state index in [1.54, 1.807) is 43.3 Å². The van der Waals surface area contributed by atoms with Crippen molar-refractivity contribution in [1.29, 1.82) is 0 Å². The van der Waals surface area contributed by atoms with Crippen LogP contribution in [0.25, 0.3) is 0 Å². The molecule has 0 radical (unpaired) electrons. The molecule has 1 amide bonds. The van der Waals surface area contributed by atoms with Crippen LogP contribution < -0.4 is 9.73 Å². The van der Waals surface area contributed by atoms with Crippen molar-refractivity contribution in [3.8, 4) is 0 Å². The Morgan fingerprint density at radius 3 is 2.18 bits per heavy atom. The Hall–Kier alpha value is -3.52. The first-order valence-corrected chi connectivity index (χ1v) is 11.8. The first-order chi connectivity index (χ1) is 15.6. The summed E-state index contributed by atoms with van der Waals surface area (Å²) in [5.74, 6) is -0.980. The van der Waals surface area contributed by atoms with Gasteiger partial charge in [-0.15, -0.1) is 0 Å². The van der Waals surface area contributed by atoms with E-state index in [1.165, 1.54) is 24.3 Å². The van der Waals surface area contributed by atoms with Crippen molar-refractivity contribution in [2.45, 2.75) is 32.6 Å². The minimum absolute atomic E-state index is 0.0881. The van der Waals surface area contributed by atoms with Gasteiger partial charge >= 0.3 is 0 Å². The Labute approximate surface area is 193 Å². The Balaban J connectivity index is 1.90. The summed E-state index contributed by atoms with van der Waals surface area (Å²) in [5.41, 5.74) is 6.72. The number of hydrogen-bond acceptors (Lipinski definition) is 4. The number of nitrogens with one attached hydrogen (secondary N) is 1. The van der Waals surface area contributed by atoms with Gasteiger partial charge in [-0.2, -0.15) is 5.10 Å². The molecule has 3 aromatic rings. The molecule has 1 N–H and O–H groups in total. The van der Waals surface area contributed by atoms with Gasteiger partial charge in [0.1, 0.15) is 12.4 Å².